The van der Waals surface area contributed by atoms with Gasteiger partial charge in [0.2, 0.25) is 5.91 Å². The van der Waals surface area contributed by atoms with Gasteiger partial charge in [0.1, 0.15) is 6.29 Å². The fraction of sp³-hybridized carbons (Fsp3) is 0.875. The Morgan fingerprint density at radius 2 is 1.60 bits per heavy atom. The molecule has 1 amide bonds. The highest BCUT2D eigenvalue weighted by molar-refractivity contribution is 5.83. The summed E-state index contributed by atoms with van der Waals surface area (Å²) < 4.78 is 0. The van der Waals surface area contributed by atoms with Gasteiger partial charge in [-0.3, -0.25) is 4.79 Å². The van der Waals surface area contributed by atoms with Crippen LogP contribution in [0.2, 0.25) is 0 Å². The molecule has 0 aromatic heterocycles. The summed E-state index contributed by atoms with van der Waals surface area (Å²) in [5.74, 6) is 0.956. The molecule has 2 aliphatic rings. The van der Waals surface area contributed by atoms with Crippen LogP contribution in [0.15, 0.2) is 4.99 Å². The fourth-order valence-electron chi connectivity index (χ4n) is 4.87. The molecule has 1 aliphatic carbocycles. The van der Waals surface area contributed by atoms with E-state index in [0.29, 0.717) is 11.9 Å². The number of piperidine rings is 1. The zero-order valence-corrected chi connectivity index (χ0v) is 19.3. The smallest absolute Gasteiger partial charge is 0.225 e. The van der Waals surface area contributed by atoms with Crippen molar-refractivity contribution in [2.24, 2.45) is 16.6 Å². The molecule has 6 nitrogen and oxygen atoms in total. The van der Waals surface area contributed by atoms with Gasteiger partial charge in [0.15, 0.2) is 5.96 Å². The first-order chi connectivity index (χ1) is 14.5. The number of carbonyl (C=O) groups excluding carboxylic acids is 2. The van der Waals surface area contributed by atoms with Crippen LogP contribution in [0, 0.1) is 5.92 Å². The lowest BCUT2D eigenvalue weighted by atomic mass is 9.88. The Balaban J connectivity index is 1.89. The number of nitrogens with one attached hydrogen (secondary N) is 1. The summed E-state index contributed by atoms with van der Waals surface area (Å²) in [6.45, 7) is 5.80. The number of aliphatic imine (C=N–C) groups is 1. The maximum atomic E-state index is 12.9. The van der Waals surface area contributed by atoms with Crippen LogP contribution in [0.4, 0.5) is 0 Å². The van der Waals surface area contributed by atoms with Gasteiger partial charge < -0.3 is 20.7 Å². The predicted octanol–water partition coefficient (Wildman–Crippen LogP) is 4.17. The van der Waals surface area contributed by atoms with Crippen LogP contribution < -0.4 is 11.1 Å². The Kier molecular flexibility index (Phi) is 10.7. The van der Waals surface area contributed by atoms with E-state index in [1.807, 2.05) is 4.90 Å². The molecule has 0 aromatic rings. The molecule has 2 rings (SSSR count). The van der Waals surface area contributed by atoms with E-state index < -0.39 is 5.54 Å². The summed E-state index contributed by atoms with van der Waals surface area (Å²) in [6.07, 6.45) is 15.4. The number of likely N-dealkylation sites (tertiary alicyclic amines) is 1. The van der Waals surface area contributed by atoms with Gasteiger partial charge in [0.05, 0.1) is 11.6 Å². The second-order valence-corrected chi connectivity index (χ2v) is 9.37. The zero-order valence-electron chi connectivity index (χ0n) is 19.3. The van der Waals surface area contributed by atoms with Gasteiger partial charge >= 0.3 is 0 Å². The second kappa shape index (κ2) is 13.0. The topological polar surface area (TPSA) is 87.8 Å². The van der Waals surface area contributed by atoms with E-state index in [4.69, 9.17) is 10.7 Å². The molecule has 6 heteroatoms. The highest BCUT2D eigenvalue weighted by Crippen LogP contribution is 2.26. The molecule has 1 heterocycles. The van der Waals surface area contributed by atoms with Crippen molar-refractivity contribution in [1.29, 1.82) is 0 Å². The Bertz CT molecular complexity index is 539. The molecule has 1 aliphatic heterocycles. The normalized spacial score (nSPS) is 20.1. The Hall–Kier alpha value is -1.59. The van der Waals surface area contributed by atoms with E-state index in [1.165, 1.54) is 25.7 Å². The Morgan fingerprint density at radius 3 is 2.10 bits per heavy atom. The number of nitrogens with zero attached hydrogens (tertiary/aromatic N) is 2. The van der Waals surface area contributed by atoms with E-state index >= 15 is 0 Å². The van der Waals surface area contributed by atoms with Crippen LogP contribution in [-0.4, -0.2) is 47.7 Å². The van der Waals surface area contributed by atoms with Crippen molar-refractivity contribution in [3.05, 3.63) is 0 Å². The molecular weight excluding hydrogens is 376 g/mol. The molecular formula is C24H44N4O2. The van der Waals surface area contributed by atoms with Gasteiger partial charge in [-0.1, -0.05) is 65.2 Å². The first-order valence-electron chi connectivity index (χ1n) is 12.4. The summed E-state index contributed by atoms with van der Waals surface area (Å²) in [6, 6.07) is 0.123. The summed E-state index contributed by atoms with van der Waals surface area (Å²) in [5.41, 5.74) is 5.64. The van der Waals surface area contributed by atoms with Crippen molar-refractivity contribution >= 4 is 18.2 Å². The lowest BCUT2D eigenvalue weighted by molar-refractivity contribution is -0.137. The van der Waals surface area contributed by atoms with Crippen LogP contribution in [0.5, 0.6) is 0 Å². The third kappa shape index (κ3) is 7.59. The number of unbranched alkanes of at least 4 members (excludes halogenated alkanes) is 2. The van der Waals surface area contributed by atoms with E-state index in [1.54, 1.807) is 0 Å². The molecule has 172 valence electrons. The lowest BCUT2D eigenvalue weighted by Crippen LogP contribution is -2.53. The zero-order chi connectivity index (χ0) is 21.8. The maximum Gasteiger partial charge on any atom is 0.225 e. The average Bonchev–Trinajstić information content (AvgIpc) is 3.05. The minimum absolute atomic E-state index is 0.123. The molecule has 1 saturated heterocycles. The van der Waals surface area contributed by atoms with Crippen LogP contribution in [-0.2, 0) is 9.59 Å². The third-order valence-corrected chi connectivity index (χ3v) is 6.86. The first kappa shape index (κ1) is 24.7. The van der Waals surface area contributed by atoms with Crippen molar-refractivity contribution < 1.29 is 9.59 Å². The van der Waals surface area contributed by atoms with E-state index in [-0.39, 0.29) is 12.0 Å². The number of rotatable bonds is 10. The molecule has 3 N–H and O–H groups in total. The minimum atomic E-state index is -0.601. The van der Waals surface area contributed by atoms with Gasteiger partial charge in [0.25, 0.3) is 0 Å². The molecule has 1 saturated carbocycles. The number of aldehydes is 1. The molecule has 0 spiro atoms. The number of carbonyl (C=O) groups is 2. The van der Waals surface area contributed by atoms with Crippen molar-refractivity contribution in [2.45, 2.75) is 115 Å². The summed E-state index contributed by atoms with van der Waals surface area (Å²) >= 11 is 0. The summed E-state index contributed by atoms with van der Waals surface area (Å²) in [4.78, 5) is 31.6. The van der Waals surface area contributed by atoms with E-state index in [0.717, 1.165) is 83.6 Å². The van der Waals surface area contributed by atoms with E-state index in [9.17, 15) is 9.59 Å². The average molecular weight is 421 g/mol. The van der Waals surface area contributed by atoms with Crippen molar-refractivity contribution in [1.82, 2.24) is 10.2 Å². The first-order valence-corrected chi connectivity index (χ1v) is 12.4. The number of hydrogen-bond donors (Lipinski definition) is 2. The van der Waals surface area contributed by atoms with Gasteiger partial charge in [0, 0.05) is 19.0 Å². The fourth-order valence-corrected chi connectivity index (χ4v) is 4.87. The Morgan fingerprint density at radius 1 is 1.03 bits per heavy atom. The summed E-state index contributed by atoms with van der Waals surface area (Å²) in [5, 5.41) is 3.27. The molecule has 0 radical (unpaired) electrons. The van der Waals surface area contributed by atoms with E-state index in [2.05, 4.69) is 19.2 Å². The van der Waals surface area contributed by atoms with Gasteiger partial charge in [-0.25, -0.2) is 4.99 Å². The molecule has 0 aromatic carbocycles. The van der Waals surface area contributed by atoms with Crippen LogP contribution in [0.3, 0.4) is 0 Å². The lowest BCUT2D eigenvalue weighted by Gasteiger charge is -2.34. The van der Waals surface area contributed by atoms with Crippen LogP contribution >= 0.6 is 0 Å². The Labute approximate surface area is 183 Å². The van der Waals surface area contributed by atoms with Crippen molar-refractivity contribution in [3.63, 3.8) is 0 Å². The molecule has 0 atom stereocenters. The highest BCUT2D eigenvalue weighted by atomic mass is 16.2. The van der Waals surface area contributed by atoms with Gasteiger partial charge in [-0.05, 0) is 38.5 Å². The number of nitrogens with two attached hydrogens (primary N) is 1. The number of hydrogen-bond acceptors (Lipinski definition) is 3. The summed E-state index contributed by atoms with van der Waals surface area (Å²) in [7, 11) is 0. The van der Waals surface area contributed by atoms with Crippen molar-refractivity contribution in [3.8, 4) is 0 Å². The number of amides is 1. The monoisotopic (exact) mass is 420 g/mol. The largest absolute Gasteiger partial charge is 0.370 e. The van der Waals surface area contributed by atoms with Crippen LogP contribution in [0.1, 0.15) is 104 Å². The SMILES string of the molecule is CCCCC(C=O)(CCCC)NC(N)=NC1CCN(C(=O)C2CCCCCC2)CC1. The molecule has 0 bridgehead atoms. The highest BCUT2D eigenvalue weighted by Gasteiger charge is 2.31. The second-order valence-electron chi connectivity index (χ2n) is 9.37. The van der Waals surface area contributed by atoms with Gasteiger partial charge in [-0.2, -0.15) is 0 Å². The molecule has 2 fully saturated rings. The van der Waals surface area contributed by atoms with Gasteiger partial charge in [-0.15, -0.1) is 0 Å². The minimum Gasteiger partial charge on any atom is -0.370 e. The van der Waals surface area contributed by atoms with Crippen molar-refractivity contribution in [2.75, 3.05) is 13.1 Å². The quantitative estimate of drug-likeness (QED) is 0.240. The number of guanidine groups is 1. The third-order valence-electron chi connectivity index (χ3n) is 6.86. The predicted molar refractivity (Wildman–Crippen MR) is 123 cm³/mol. The molecule has 0 unspecified atom stereocenters. The standard InChI is InChI=1S/C24H44N4O2/c1-3-5-15-24(19-29,16-6-4-2)27-23(25)26-21-13-17-28(18-14-21)22(30)20-11-9-7-8-10-12-20/h19-21H,3-18H2,1-2H3,(H3,25,26,27). The molecule has 30 heavy (non-hydrogen) atoms. The van der Waals surface area contributed by atoms with Crippen LogP contribution in [0.25, 0.3) is 0 Å². The maximum absolute atomic E-state index is 12.9.